The highest BCUT2D eigenvalue weighted by Gasteiger charge is 2.55. The number of benzene rings is 1. The minimum atomic E-state index is -1.51. The van der Waals surface area contributed by atoms with E-state index in [-0.39, 0.29) is 24.5 Å². The van der Waals surface area contributed by atoms with Crippen molar-refractivity contribution in [3.63, 3.8) is 0 Å². The monoisotopic (exact) mass is 398 g/mol. The fourth-order valence-corrected chi connectivity index (χ4v) is 4.75. The third-order valence-corrected chi connectivity index (χ3v) is 6.60. The molecular weight excluding hydrogens is 374 g/mol. The molecule has 4 rings (SSSR count). The molecule has 0 radical (unpaired) electrons. The van der Waals surface area contributed by atoms with E-state index in [1.165, 1.54) is 19.1 Å². The summed E-state index contributed by atoms with van der Waals surface area (Å²) in [6.07, 6.45) is 3.16. The predicted molar refractivity (Wildman–Crippen MR) is 106 cm³/mol. The summed E-state index contributed by atoms with van der Waals surface area (Å²) in [5, 5.41) is 0. The Morgan fingerprint density at radius 2 is 2.03 bits per heavy atom. The first-order valence-electron chi connectivity index (χ1n) is 10.0. The Bertz CT molecular complexity index is 931. The van der Waals surface area contributed by atoms with Gasteiger partial charge in [-0.1, -0.05) is 12.1 Å². The van der Waals surface area contributed by atoms with Crippen LogP contribution in [0, 0.1) is 17.2 Å². The van der Waals surface area contributed by atoms with Crippen LogP contribution in [0.2, 0.25) is 0 Å². The first-order valence-corrected chi connectivity index (χ1v) is 10.0. The lowest BCUT2D eigenvalue weighted by molar-refractivity contribution is -0.131. The molecule has 1 amide bonds. The first-order chi connectivity index (χ1) is 13.8. The van der Waals surface area contributed by atoms with Crippen molar-refractivity contribution in [3.05, 3.63) is 60.2 Å². The van der Waals surface area contributed by atoms with E-state index in [1.54, 1.807) is 41.4 Å². The number of amides is 1. The second kappa shape index (κ2) is 7.32. The lowest BCUT2D eigenvalue weighted by Crippen LogP contribution is -2.46. The molecule has 1 saturated heterocycles. The van der Waals surface area contributed by atoms with Crippen LogP contribution >= 0.6 is 0 Å². The normalized spacial score (nSPS) is 29.4. The van der Waals surface area contributed by atoms with Crippen molar-refractivity contribution in [3.8, 4) is 0 Å². The van der Waals surface area contributed by atoms with Crippen molar-refractivity contribution >= 4 is 17.4 Å². The topological polar surface area (TPSA) is 50.3 Å². The van der Waals surface area contributed by atoms with E-state index in [4.69, 9.17) is 0 Å². The molecule has 152 valence electrons. The van der Waals surface area contributed by atoms with Gasteiger partial charge < -0.3 is 4.90 Å². The number of rotatable bonds is 4. The summed E-state index contributed by atoms with van der Waals surface area (Å²) in [5.74, 6) is -1.24. The molecule has 3 atom stereocenters. The van der Waals surface area contributed by atoms with Gasteiger partial charge in [-0.3, -0.25) is 14.6 Å². The van der Waals surface area contributed by atoms with Crippen molar-refractivity contribution in [1.29, 1.82) is 0 Å². The third kappa shape index (κ3) is 3.68. The maximum atomic E-state index is 15.3. The number of anilines is 1. The molecule has 0 N–H and O–H groups in total. The molecule has 6 heteroatoms. The van der Waals surface area contributed by atoms with Crippen LogP contribution in [0.3, 0.4) is 0 Å². The summed E-state index contributed by atoms with van der Waals surface area (Å²) in [4.78, 5) is 31.6. The number of carbonyl (C=O) groups is 2. The number of hydrogen-bond acceptors (Lipinski definition) is 3. The molecule has 1 aliphatic carbocycles. The molecule has 2 aliphatic rings. The average molecular weight is 398 g/mol. The van der Waals surface area contributed by atoms with Crippen molar-refractivity contribution in [2.24, 2.45) is 11.3 Å². The molecule has 3 unspecified atom stereocenters. The fraction of sp³-hybridized carbons (Fsp3) is 0.435. The summed E-state index contributed by atoms with van der Waals surface area (Å²) in [7, 11) is 0. The number of ketones is 1. The van der Waals surface area contributed by atoms with Gasteiger partial charge in [0.05, 0.1) is 5.41 Å². The van der Waals surface area contributed by atoms with Gasteiger partial charge >= 0.3 is 0 Å². The van der Waals surface area contributed by atoms with Gasteiger partial charge in [0.2, 0.25) is 5.91 Å². The summed E-state index contributed by atoms with van der Waals surface area (Å²) >= 11 is 0. The van der Waals surface area contributed by atoms with E-state index in [0.717, 1.165) is 0 Å². The molecule has 29 heavy (non-hydrogen) atoms. The highest BCUT2D eigenvalue weighted by Crippen LogP contribution is 2.53. The quantitative estimate of drug-likeness (QED) is 0.699. The van der Waals surface area contributed by atoms with Crippen LogP contribution < -0.4 is 4.90 Å². The van der Waals surface area contributed by atoms with Gasteiger partial charge in [-0.2, -0.15) is 0 Å². The third-order valence-electron chi connectivity index (χ3n) is 6.60. The Kier molecular flexibility index (Phi) is 4.97. The smallest absolute Gasteiger partial charge is 0.233 e. The van der Waals surface area contributed by atoms with Gasteiger partial charge in [0.25, 0.3) is 0 Å². The minimum Gasteiger partial charge on any atom is -0.312 e. The Balaban J connectivity index is 1.55. The molecule has 1 saturated carbocycles. The highest BCUT2D eigenvalue weighted by molar-refractivity contribution is 6.00. The number of hydrogen-bond donors (Lipinski definition) is 0. The van der Waals surface area contributed by atoms with Gasteiger partial charge in [0.15, 0.2) is 5.78 Å². The SMILES string of the molecule is CC1(F)CCC2(CCN(c3cccc(F)c3)C2=O)CC1CC(=O)c1ccccn1. The standard InChI is InChI=1S/C23H24F2N2O2/c1-22(25)8-9-23(15-16(22)13-20(28)19-7-2-3-11-26-19)10-12-27(21(23)29)18-6-4-5-17(24)14-18/h2-7,11,14,16H,8-10,12-13,15H2,1H3. The second-order valence-electron chi connectivity index (χ2n) is 8.49. The number of Topliss-reactive ketones (excluding diaryl/α,β-unsaturated/α-hetero) is 1. The molecule has 2 aromatic rings. The largest absolute Gasteiger partial charge is 0.312 e. The molecule has 1 spiro atoms. The van der Waals surface area contributed by atoms with E-state index in [0.29, 0.717) is 37.2 Å². The van der Waals surface area contributed by atoms with E-state index in [9.17, 15) is 14.0 Å². The predicted octanol–water partition coefficient (Wildman–Crippen LogP) is 4.75. The van der Waals surface area contributed by atoms with Crippen molar-refractivity contribution < 1.29 is 18.4 Å². The molecule has 1 aliphatic heterocycles. The maximum Gasteiger partial charge on any atom is 0.233 e. The van der Waals surface area contributed by atoms with Crippen LogP contribution in [0.4, 0.5) is 14.5 Å². The van der Waals surface area contributed by atoms with Crippen LogP contribution in [0.1, 0.15) is 49.5 Å². The summed E-state index contributed by atoms with van der Waals surface area (Å²) in [6.45, 7) is 2.01. The average Bonchev–Trinajstić information content (AvgIpc) is 3.02. The summed E-state index contributed by atoms with van der Waals surface area (Å²) < 4.78 is 28.9. The number of nitrogens with zero attached hydrogens (tertiary/aromatic N) is 2. The zero-order chi connectivity index (χ0) is 20.6. The van der Waals surface area contributed by atoms with E-state index < -0.39 is 22.8 Å². The summed E-state index contributed by atoms with van der Waals surface area (Å²) in [6, 6.07) is 11.1. The zero-order valence-electron chi connectivity index (χ0n) is 16.4. The van der Waals surface area contributed by atoms with Gasteiger partial charge in [-0.05, 0) is 62.9 Å². The van der Waals surface area contributed by atoms with Gasteiger partial charge in [0.1, 0.15) is 17.2 Å². The maximum absolute atomic E-state index is 15.3. The molecule has 0 bridgehead atoms. The van der Waals surface area contributed by atoms with Crippen LogP contribution in [0.5, 0.6) is 0 Å². The fourth-order valence-electron chi connectivity index (χ4n) is 4.75. The molecule has 2 fully saturated rings. The van der Waals surface area contributed by atoms with Gasteiger partial charge in [-0.15, -0.1) is 0 Å². The van der Waals surface area contributed by atoms with Crippen molar-refractivity contribution in [1.82, 2.24) is 4.98 Å². The number of aromatic nitrogens is 1. The Morgan fingerprint density at radius 1 is 1.21 bits per heavy atom. The Labute approximate surface area is 168 Å². The number of pyridine rings is 1. The van der Waals surface area contributed by atoms with Crippen molar-refractivity contribution in [2.45, 2.75) is 44.7 Å². The number of halogens is 2. The van der Waals surface area contributed by atoms with E-state index in [2.05, 4.69) is 4.98 Å². The lowest BCUT2D eigenvalue weighted by Gasteiger charge is -2.43. The number of carbonyl (C=O) groups excluding carboxylic acids is 2. The van der Waals surface area contributed by atoms with E-state index >= 15 is 4.39 Å². The summed E-state index contributed by atoms with van der Waals surface area (Å²) in [5.41, 5.74) is -1.35. The first kappa shape index (κ1) is 19.7. The van der Waals surface area contributed by atoms with Gasteiger partial charge in [-0.25, -0.2) is 8.78 Å². The highest BCUT2D eigenvalue weighted by atomic mass is 19.1. The molecular formula is C23H24F2N2O2. The van der Waals surface area contributed by atoms with Crippen molar-refractivity contribution in [2.75, 3.05) is 11.4 Å². The van der Waals surface area contributed by atoms with Crippen LogP contribution in [-0.4, -0.2) is 28.9 Å². The molecule has 4 nitrogen and oxygen atoms in total. The van der Waals surface area contributed by atoms with Crippen LogP contribution in [-0.2, 0) is 4.79 Å². The molecule has 1 aromatic heterocycles. The van der Waals surface area contributed by atoms with Gasteiger partial charge in [0, 0.05) is 30.8 Å². The van der Waals surface area contributed by atoms with Crippen LogP contribution in [0.15, 0.2) is 48.7 Å². The number of alkyl halides is 1. The lowest BCUT2D eigenvalue weighted by atomic mass is 9.62. The van der Waals surface area contributed by atoms with Crippen LogP contribution in [0.25, 0.3) is 0 Å². The van der Waals surface area contributed by atoms with E-state index in [1.807, 2.05) is 0 Å². The second-order valence-corrected chi connectivity index (χ2v) is 8.49. The minimum absolute atomic E-state index is 0.0268. The zero-order valence-corrected chi connectivity index (χ0v) is 16.4. The Morgan fingerprint density at radius 3 is 2.76 bits per heavy atom. The Hall–Kier alpha value is -2.63. The molecule has 2 heterocycles. The molecule has 1 aromatic carbocycles.